The first-order valence-corrected chi connectivity index (χ1v) is 4.94. The fourth-order valence-electron chi connectivity index (χ4n) is 1.39. The van der Waals surface area contributed by atoms with E-state index in [1.54, 1.807) is 0 Å². The van der Waals surface area contributed by atoms with Crippen LogP contribution in [0.25, 0.3) is 0 Å². The molecular formula is C10H18O4. The van der Waals surface area contributed by atoms with Crippen LogP contribution in [0.5, 0.6) is 0 Å². The lowest BCUT2D eigenvalue weighted by Gasteiger charge is -2.21. The Kier molecular flexibility index (Phi) is 3.89. The predicted molar refractivity (Wildman–Crippen MR) is 51.0 cm³/mol. The molecule has 0 radical (unpaired) electrons. The molecule has 82 valence electrons. The number of esters is 1. The summed E-state index contributed by atoms with van der Waals surface area (Å²) in [4.78, 5) is 11.3. The van der Waals surface area contributed by atoms with E-state index >= 15 is 0 Å². The quantitative estimate of drug-likeness (QED) is 0.492. The fraction of sp³-hybridized carbons (Fsp3) is 0.900. The summed E-state index contributed by atoms with van der Waals surface area (Å²) < 4.78 is 15.5. The number of rotatable bonds is 5. The molecule has 0 aromatic heterocycles. The van der Waals surface area contributed by atoms with Gasteiger partial charge in [-0.25, -0.2) is 4.79 Å². The largest absolute Gasteiger partial charge is 0.463 e. The van der Waals surface area contributed by atoms with Gasteiger partial charge in [-0.2, -0.15) is 0 Å². The Morgan fingerprint density at radius 2 is 2.21 bits per heavy atom. The van der Waals surface area contributed by atoms with Crippen molar-refractivity contribution in [2.45, 2.75) is 26.9 Å². The van der Waals surface area contributed by atoms with Crippen molar-refractivity contribution in [3.05, 3.63) is 0 Å². The van der Waals surface area contributed by atoms with Crippen LogP contribution in [-0.4, -0.2) is 38.5 Å². The van der Waals surface area contributed by atoms with E-state index in [1.807, 2.05) is 20.8 Å². The Morgan fingerprint density at radius 1 is 1.50 bits per heavy atom. The van der Waals surface area contributed by atoms with E-state index in [2.05, 4.69) is 0 Å². The van der Waals surface area contributed by atoms with Crippen molar-refractivity contribution < 1.29 is 19.0 Å². The monoisotopic (exact) mass is 202 g/mol. The third kappa shape index (κ3) is 2.69. The summed E-state index contributed by atoms with van der Waals surface area (Å²) in [6.07, 6.45) is -0.442. The van der Waals surface area contributed by atoms with Crippen LogP contribution >= 0.6 is 0 Å². The highest BCUT2D eigenvalue weighted by Gasteiger charge is 2.44. The van der Waals surface area contributed by atoms with Crippen LogP contribution in [-0.2, 0) is 19.0 Å². The van der Waals surface area contributed by atoms with Crippen molar-refractivity contribution in [3.63, 3.8) is 0 Å². The Balaban J connectivity index is 2.31. The van der Waals surface area contributed by atoms with Crippen LogP contribution in [0.2, 0.25) is 0 Å². The van der Waals surface area contributed by atoms with Crippen molar-refractivity contribution in [1.82, 2.24) is 0 Å². The lowest BCUT2D eigenvalue weighted by molar-refractivity contribution is -0.149. The average Bonchev–Trinajstić information content (AvgIpc) is 2.38. The molecule has 1 saturated heterocycles. The minimum absolute atomic E-state index is 0.219. The van der Waals surface area contributed by atoms with Gasteiger partial charge in [0.1, 0.15) is 0 Å². The van der Waals surface area contributed by atoms with Crippen molar-refractivity contribution in [2.24, 2.45) is 5.41 Å². The first-order valence-electron chi connectivity index (χ1n) is 4.94. The molecule has 1 aliphatic heterocycles. The summed E-state index contributed by atoms with van der Waals surface area (Å²) in [7, 11) is 0. The number of hydrogen-bond acceptors (Lipinski definition) is 4. The molecule has 0 saturated carbocycles. The van der Waals surface area contributed by atoms with Crippen LogP contribution < -0.4 is 0 Å². The molecular weight excluding hydrogens is 184 g/mol. The zero-order chi connectivity index (χ0) is 10.6. The Bertz CT molecular complexity index is 200. The Morgan fingerprint density at radius 3 is 2.71 bits per heavy atom. The maximum absolute atomic E-state index is 11.3. The zero-order valence-corrected chi connectivity index (χ0v) is 9.04. The summed E-state index contributed by atoms with van der Waals surface area (Å²) in [6, 6.07) is 0. The third-order valence-corrected chi connectivity index (χ3v) is 2.23. The molecule has 0 aromatic rings. The summed E-state index contributed by atoms with van der Waals surface area (Å²) in [5, 5.41) is 0. The summed E-state index contributed by atoms with van der Waals surface area (Å²) >= 11 is 0. The SMILES string of the molecule is CCOCCOC1C(=O)OCC1(C)C. The second-order valence-electron chi connectivity index (χ2n) is 4.04. The van der Waals surface area contributed by atoms with Crippen molar-refractivity contribution in [1.29, 1.82) is 0 Å². The van der Waals surface area contributed by atoms with Crippen molar-refractivity contribution in [2.75, 3.05) is 26.4 Å². The lowest BCUT2D eigenvalue weighted by Crippen LogP contribution is -2.33. The van der Waals surface area contributed by atoms with Gasteiger partial charge in [0.25, 0.3) is 0 Å². The lowest BCUT2D eigenvalue weighted by atomic mass is 9.90. The van der Waals surface area contributed by atoms with E-state index in [-0.39, 0.29) is 11.4 Å². The third-order valence-electron chi connectivity index (χ3n) is 2.23. The minimum Gasteiger partial charge on any atom is -0.463 e. The van der Waals surface area contributed by atoms with Gasteiger partial charge in [-0.15, -0.1) is 0 Å². The van der Waals surface area contributed by atoms with Gasteiger partial charge in [-0.3, -0.25) is 0 Å². The molecule has 0 N–H and O–H groups in total. The first kappa shape index (κ1) is 11.5. The second kappa shape index (κ2) is 4.75. The molecule has 4 heteroatoms. The predicted octanol–water partition coefficient (Wildman–Crippen LogP) is 0.991. The average molecular weight is 202 g/mol. The smallest absolute Gasteiger partial charge is 0.335 e. The van der Waals surface area contributed by atoms with E-state index in [0.717, 1.165) is 0 Å². The van der Waals surface area contributed by atoms with Crippen LogP contribution in [0.4, 0.5) is 0 Å². The van der Waals surface area contributed by atoms with E-state index in [1.165, 1.54) is 0 Å². The highest BCUT2D eigenvalue weighted by atomic mass is 16.6. The molecule has 1 aliphatic rings. The molecule has 0 spiro atoms. The van der Waals surface area contributed by atoms with Gasteiger partial charge in [0.2, 0.25) is 0 Å². The molecule has 4 nitrogen and oxygen atoms in total. The van der Waals surface area contributed by atoms with E-state index in [4.69, 9.17) is 14.2 Å². The fourth-order valence-corrected chi connectivity index (χ4v) is 1.39. The summed E-state index contributed by atoms with van der Waals surface area (Å²) in [5.41, 5.74) is -0.219. The van der Waals surface area contributed by atoms with Gasteiger partial charge in [0.15, 0.2) is 6.10 Å². The van der Waals surface area contributed by atoms with Gasteiger partial charge in [0, 0.05) is 12.0 Å². The summed E-state index contributed by atoms with van der Waals surface area (Å²) in [5.74, 6) is -0.258. The van der Waals surface area contributed by atoms with Gasteiger partial charge in [-0.1, -0.05) is 13.8 Å². The number of ether oxygens (including phenoxy) is 3. The van der Waals surface area contributed by atoms with Crippen LogP contribution in [0.3, 0.4) is 0 Å². The number of carbonyl (C=O) groups excluding carboxylic acids is 1. The molecule has 1 heterocycles. The van der Waals surface area contributed by atoms with Crippen molar-refractivity contribution >= 4 is 5.97 Å². The zero-order valence-electron chi connectivity index (χ0n) is 9.04. The molecule has 0 amide bonds. The number of cyclic esters (lactones) is 1. The maximum atomic E-state index is 11.3. The molecule has 0 aliphatic carbocycles. The van der Waals surface area contributed by atoms with Crippen molar-refractivity contribution in [3.8, 4) is 0 Å². The van der Waals surface area contributed by atoms with E-state index in [0.29, 0.717) is 26.4 Å². The molecule has 14 heavy (non-hydrogen) atoms. The second-order valence-corrected chi connectivity index (χ2v) is 4.04. The minimum atomic E-state index is -0.442. The van der Waals surface area contributed by atoms with Crippen LogP contribution in [0, 0.1) is 5.41 Å². The van der Waals surface area contributed by atoms with E-state index in [9.17, 15) is 4.79 Å². The van der Waals surface area contributed by atoms with Crippen LogP contribution in [0.1, 0.15) is 20.8 Å². The van der Waals surface area contributed by atoms with Gasteiger partial charge < -0.3 is 14.2 Å². The summed E-state index contributed by atoms with van der Waals surface area (Å²) in [6.45, 7) is 7.92. The molecule has 1 fully saturated rings. The first-order chi connectivity index (χ1) is 6.58. The molecule has 0 aromatic carbocycles. The topological polar surface area (TPSA) is 44.8 Å². The number of hydrogen-bond donors (Lipinski definition) is 0. The molecule has 1 rings (SSSR count). The van der Waals surface area contributed by atoms with Gasteiger partial charge in [0.05, 0.1) is 19.8 Å². The Labute approximate surface area is 84.5 Å². The highest BCUT2D eigenvalue weighted by Crippen LogP contribution is 2.30. The molecule has 1 unspecified atom stereocenters. The molecule has 1 atom stereocenters. The maximum Gasteiger partial charge on any atom is 0.335 e. The standard InChI is InChI=1S/C10H18O4/c1-4-12-5-6-13-8-9(11)14-7-10(8,2)3/h8H,4-7H2,1-3H3. The normalized spacial score (nSPS) is 25.1. The van der Waals surface area contributed by atoms with Gasteiger partial charge >= 0.3 is 5.97 Å². The number of carbonyl (C=O) groups is 1. The van der Waals surface area contributed by atoms with Crippen LogP contribution in [0.15, 0.2) is 0 Å². The Hall–Kier alpha value is -0.610. The molecule has 0 bridgehead atoms. The highest BCUT2D eigenvalue weighted by molar-refractivity contribution is 5.77. The van der Waals surface area contributed by atoms with E-state index < -0.39 is 6.10 Å². The van der Waals surface area contributed by atoms with Gasteiger partial charge in [-0.05, 0) is 6.92 Å².